The third-order valence-electron chi connectivity index (χ3n) is 3.78. The Kier molecular flexibility index (Phi) is 6.02. The van der Waals surface area contributed by atoms with Gasteiger partial charge in [0.2, 0.25) is 0 Å². The number of para-hydroxylation sites is 2. The molecule has 5 nitrogen and oxygen atoms in total. The van der Waals surface area contributed by atoms with Crippen LogP contribution < -0.4 is 5.69 Å². The minimum absolute atomic E-state index is 0.0431. The molecule has 0 saturated carbocycles. The average Bonchev–Trinajstić information content (AvgIpc) is 2.81. The number of hydrogen-bond donors (Lipinski definition) is 2. The van der Waals surface area contributed by atoms with Crippen LogP contribution in [0.1, 0.15) is 26.2 Å². The zero-order valence-corrected chi connectivity index (χ0v) is 12.7. The third-order valence-corrected chi connectivity index (χ3v) is 3.78. The van der Waals surface area contributed by atoms with Gasteiger partial charge in [-0.05, 0) is 38.1 Å². The van der Waals surface area contributed by atoms with Crippen molar-refractivity contribution in [3.8, 4) is 0 Å². The molecule has 0 bridgehead atoms. The Balaban J connectivity index is 1.94. The van der Waals surface area contributed by atoms with Gasteiger partial charge in [0.05, 0.1) is 17.6 Å². The molecule has 0 aliphatic carbocycles. The Hall–Kier alpha value is -1.59. The maximum absolute atomic E-state index is 12.0. The molecule has 1 aromatic carbocycles. The van der Waals surface area contributed by atoms with Crippen LogP contribution in [0.15, 0.2) is 29.1 Å². The highest BCUT2D eigenvalue weighted by atomic mass is 16.3. The van der Waals surface area contributed by atoms with Crippen molar-refractivity contribution in [2.45, 2.75) is 32.7 Å². The van der Waals surface area contributed by atoms with Crippen molar-refractivity contribution in [1.82, 2.24) is 14.5 Å². The zero-order chi connectivity index (χ0) is 15.1. The molecule has 0 fully saturated rings. The number of aromatic amines is 1. The average molecular weight is 291 g/mol. The number of rotatable bonds is 9. The van der Waals surface area contributed by atoms with Gasteiger partial charge in [-0.15, -0.1) is 0 Å². The van der Waals surface area contributed by atoms with Gasteiger partial charge in [0.25, 0.3) is 0 Å². The number of hydrogen-bond acceptors (Lipinski definition) is 3. The van der Waals surface area contributed by atoms with Crippen LogP contribution in [0.25, 0.3) is 11.0 Å². The van der Waals surface area contributed by atoms with Gasteiger partial charge in [-0.25, -0.2) is 4.79 Å². The van der Waals surface area contributed by atoms with E-state index in [1.54, 1.807) is 4.57 Å². The molecule has 0 saturated heterocycles. The smallest absolute Gasteiger partial charge is 0.326 e. The summed E-state index contributed by atoms with van der Waals surface area (Å²) in [5, 5.41) is 9.10. The summed E-state index contributed by atoms with van der Waals surface area (Å²) >= 11 is 0. The summed E-state index contributed by atoms with van der Waals surface area (Å²) in [4.78, 5) is 17.1. The van der Waals surface area contributed by atoms with Gasteiger partial charge in [-0.1, -0.05) is 25.5 Å². The lowest BCUT2D eigenvalue weighted by Gasteiger charge is -2.20. The SMILES string of the molecule is CCCCN(CCO)CCCn1c(=O)[nH]c2ccccc21. The van der Waals surface area contributed by atoms with Crippen molar-refractivity contribution < 1.29 is 5.11 Å². The molecule has 5 heteroatoms. The molecule has 0 radical (unpaired) electrons. The van der Waals surface area contributed by atoms with Crippen molar-refractivity contribution in [1.29, 1.82) is 0 Å². The van der Waals surface area contributed by atoms with Crippen molar-refractivity contribution in [3.63, 3.8) is 0 Å². The summed E-state index contributed by atoms with van der Waals surface area (Å²) < 4.78 is 1.80. The number of benzene rings is 1. The summed E-state index contributed by atoms with van der Waals surface area (Å²) in [5.41, 5.74) is 1.81. The molecule has 2 aromatic rings. The summed E-state index contributed by atoms with van der Waals surface area (Å²) in [6, 6.07) is 7.77. The number of nitrogens with zero attached hydrogens (tertiary/aromatic N) is 2. The highest BCUT2D eigenvalue weighted by Gasteiger charge is 2.07. The van der Waals surface area contributed by atoms with Crippen LogP contribution in [0, 0.1) is 0 Å². The number of aromatic nitrogens is 2. The van der Waals surface area contributed by atoms with E-state index >= 15 is 0 Å². The normalized spacial score (nSPS) is 11.6. The number of imidazole rings is 1. The number of aliphatic hydroxyl groups is 1. The van der Waals surface area contributed by atoms with Crippen molar-refractivity contribution in [3.05, 3.63) is 34.7 Å². The monoisotopic (exact) mass is 291 g/mol. The quantitative estimate of drug-likeness (QED) is 0.741. The van der Waals surface area contributed by atoms with Crippen molar-refractivity contribution >= 4 is 11.0 Å². The van der Waals surface area contributed by atoms with E-state index in [-0.39, 0.29) is 12.3 Å². The van der Waals surface area contributed by atoms with E-state index in [1.165, 1.54) is 0 Å². The van der Waals surface area contributed by atoms with Crippen molar-refractivity contribution in [2.75, 3.05) is 26.2 Å². The second kappa shape index (κ2) is 8.00. The number of fused-ring (bicyclic) bond motifs is 1. The molecular weight excluding hydrogens is 266 g/mol. The molecule has 2 N–H and O–H groups in total. The van der Waals surface area contributed by atoms with Crippen LogP contribution in [-0.2, 0) is 6.54 Å². The Morgan fingerprint density at radius 1 is 1.19 bits per heavy atom. The van der Waals surface area contributed by atoms with E-state index in [1.807, 2.05) is 24.3 Å². The van der Waals surface area contributed by atoms with Crippen LogP contribution in [0.4, 0.5) is 0 Å². The predicted molar refractivity (Wildman–Crippen MR) is 85.6 cm³/mol. The van der Waals surface area contributed by atoms with Crippen LogP contribution in [0.5, 0.6) is 0 Å². The van der Waals surface area contributed by atoms with Gasteiger partial charge in [0, 0.05) is 13.1 Å². The standard InChI is InChI=1S/C16H25N3O2/c1-2-3-9-18(12-13-20)10-6-11-19-15-8-5-4-7-14(15)17-16(19)21/h4-5,7-8,20H,2-3,6,9-13H2,1H3,(H,17,21). The minimum atomic E-state index is -0.0431. The van der Waals surface area contributed by atoms with Gasteiger partial charge in [0.1, 0.15) is 0 Å². The first-order chi connectivity index (χ1) is 10.3. The molecular formula is C16H25N3O2. The molecule has 0 atom stereocenters. The van der Waals surface area contributed by atoms with Crippen LogP contribution in [-0.4, -0.2) is 45.8 Å². The summed E-state index contributed by atoms with van der Waals surface area (Å²) in [6.45, 7) is 5.70. The second-order valence-electron chi connectivity index (χ2n) is 5.37. The molecule has 0 aliphatic rings. The number of H-pyrrole nitrogens is 1. The number of aryl methyl sites for hydroxylation is 1. The summed E-state index contributed by atoms with van der Waals surface area (Å²) in [6.07, 6.45) is 3.21. The Bertz CT molecular complexity index is 603. The molecule has 1 heterocycles. The van der Waals surface area contributed by atoms with Gasteiger partial charge < -0.3 is 15.0 Å². The first-order valence-corrected chi connectivity index (χ1v) is 7.77. The summed E-state index contributed by atoms with van der Waals surface area (Å²) in [5.74, 6) is 0. The van der Waals surface area contributed by atoms with E-state index in [4.69, 9.17) is 5.11 Å². The van der Waals surface area contributed by atoms with E-state index in [0.717, 1.165) is 43.4 Å². The predicted octanol–water partition coefficient (Wildman–Crippen LogP) is 1.81. The number of nitrogens with one attached hydrogen (secondary N) is 1. The molecule has 21 heavy (non-hydrogen) atoms. The molecule has 2 rings (SSSR count). The van der Waals surface area contributed by atoms with E-state index in [9.17, 15) is 4.79 Å². The highest BCUT2D eigenvalue weighted by molar-refractivity contribution is 5.74. The number of aliphatic hydroxyl groups excluding tert-OH is 1. The van der Waals surface area contributed by atoms with Crippen LogP contribution in [0.2, 0.25) is 0 Å². The fourth-order valence-electron chi connectivity index (χ4n) is 2.64. The fraction of sp³-hybridized carbons (Fsp3) is 0.562. The largest absolute Gasteiger partial charge is 0.395 e. The molecule has 0 unspecified atom stereocenters. The lowest BCUT2D eigenvalue weighted by molar-refractivity contribution is 0.190. The molecule has 0 amide bonds. The second-order valence-corrected chi connectivity index (χ2v) is 5.37. The first kappa shape index (κ1) is 15.8. The minimum Gasteiger partial charge on any atom is -0.395 e. The molecule has 0 aliphatic heterocycles. The number of unbranched alkanes of at least 4 members (excludes halogenated alkanes) is 1. The Morgan fingerprint density at radius 2 is 1.95 bits per heavy atom. The highest BCUT2D eigenvalue weighted by Crippen LogP contribution is 2.09. The third kappa shape index (κ3) is 4.19. The Morgan fingerprint density at radius 3 is 2.71 bits per heavy atom. The van der Waals surface area contributed by atoms with Gasteiger partial charge in [0.15, 0.2) is 0 Å². The Labute approximate surface area is 125 Å². The molecule has 0 spiro atoms. The van der Waals surface area contributed by atoms with Gasteiger partial charge >= 0.3 is 5.69 Å². The van der Waals surface area contributed by atoms with E-state index in [0.29, 0.717) is 13.1 Å². The molecule has 116 valence electrons. The summed E-state index contributed by atoms with van der Waals surface area (Å²) in [7, 11) is 0. The topological polar surface area (TPSA) is 61.3 Å². The van der Waals surface area contributed by atoms with Crippen molar-refractivity contribution in [2.24, 2.45) is 0 Å². The fourth-order valence-corrected chi connectivity index (χ4v) is 2.64. The zero-order valence-electron chi connectivity index (χ0n) is 12.7. The lowest BCUT2D eigenvalue weighted by Crippen LogP contribution is -2.30. The van der Waals surface area contributed by atoms with Gasteiger partial charge in [-0.3, -0.25) is 4.57 Å². The molecule has 1 aromatic heterocycles. The van der Waals surface area contributed by atoms with E-state index < -0.39 is 0 Å². The van der Waals surface area contributed by atoms with Crippen LogP contribution in [0.3, 0.4) is 0 Å². The maximum Gasteiger partial charge on any atom is 0.326 e. The first-order valence-electron chi connectivity index (χ1n) is 7.77. The van der Waals surface area contributed by atoms with Gasteiger partial charge in [-0.2, -0.15) is 0 Å². The maximum atomic E-state index is 12.0. The lowest BCUT2D eigenvalue weighted by atomic mass is 10.3. The van der Waals surface area contributed by atoms with Crippen LogP contribution >= 0.6 is 0 Å². The van der Waals surface area contributed by atoms with E-state index in [2.05, 4.69) is 16.8 Å².